The lowest BCUT2D eigenvalue weighted by Gasteiger charge is -2.35. The van der Waals surface area contributed by atoms with Gasteiger partial charge in [-0.25, -0.2) is 9.37 Å². The largest absolute Gasteiger partial charge is 0.447 e. The van der Waals surface area contributed by atoms with Crippen LogP contribution in [0.1, 0.15) is 21.9 Å². The van der Waals surface area contributed by atoms with Gasteiger partial charge in [0.25, 0.3) is 5.91 Å². The first-order valence-electron chi connectivity index (χ1n) is 11.9. The van der Waals surface area contributed by atoms with Crippen LogP contribution >= 0.6 is 0 Å². The van der Waals surface area contributed by atoms with Gasteiger partial charge in [-0.15, -0.1) is 0 Å². The van der Waals surface area contributed by atoms with Crippen LogP contribution in [0, 0.1) is 5.82 Å². The van der Waals surface area contributed by atoms with E-state index >= 15 is 0 Å². The molecule has 0 N–H and O–H groups in total. The minimum absolute atomic E-state index is 0.0718. The van der Waals surface area contributed by atoms with Crippen molar-refractivity contribution in [3.05, 3.63) is 83.8 Å². The molecule has 5 rings (SSSR count). The zero-order chi connectivity index (χ0) is 23.3. The van der Waals surface area contributed by atoms with Gasteiger partial charge in [-0.05, 0) is 18.2 Å². The average molecular weight is 464 g/mol. The van der Waals surface area contributed by atoms with Crippen molar-refractivity contribution in [2.24, 2.45) is 0 Å². The monoisotopic (exact) mass is 463 g/mol. The summed E-state index contributed by atoms with van der Waals surface area (Å²) in [4.78, 5) is 26.1. The second-order valence-electron chi connectivity index (χ2n) is 8.88. The molecule has 0 saturated carbocycles. The van der Waals surface area contributed by atoms with Gasteiger partial charge < -0.3 is 14.2 Å². The number of halogens is 1. The van der Waals surface area contributed by atoms with Gasteiger partial charge in [-0.3, -0.25) is 14.6 Å². The van der Waals surface area contributed by atoms with Crippen molar-refractivity contribution < 1.29 is 13.6 Å². The molecule has 2 aromatic carbocycles. The minimum Gasteiger partial charge on any atom is -0.447 e. The number of hydrogen-bond donors (Lipinski definition) is 0. The summed E-state index contributed by atoms with van der Waals surface area (Å²) < 4.78 is 19.6. The zero-order valence-corrected chi connectivity index (χ0v) is 19.3. The van der Waals surface area contributed by atoms with E-state index in [9.17, 15) is 9.18 Å². The predicted octanol–water partition coefficient (Wildman–Crippen LogP) is 3.09. The fraction of sp³-hybridized carbons (Fsp3) is 0.385. The fourth-order valence-corrected chi connectivity index (χ4v) is 4.61. The van der Waals surface area contributed by atoms with E-state index in [0.29, 0.717) is 37.8 Å². The third-order valence-corrected chi connectivity index (χ3v) is 6.63. The number of oxazole rings is 1. The topological polar surface area (TPSA) is 56.1 Å². The molecule has 2 aliphatic rings. The van der Waals surface area contributed by atoms with E-state index < -0.39 is 0 Å². The van der Waals surface area contributed by atoms with E-state index in [1.54, 1.807) is 6.07 Å². The maximum atomic E-state index is 13.9. The second kappa shape index (κ2) is 10.4. The van der Waals surface area contributed by atoms with Gasteiger partial charge in [0.1, 0.15) is 12.1 Å². The summed E-state index contributed by atoms with van der Waals surface area (Å²) in [6.07, 6.45) is 1.48. The maximum Gasteiger partial charge on any atom is 0.275 e. The smallest absolute Gasteiger partial charge is 0.275 e. The molecule has 3 heterocycles. The average Bonchev–Trinajstić information content (AvgIpc) is 3.35. The number of rotatable bonds is 6. The normalized spacial score (nSPS) is 17.8. The Kier molecular flexibility index (Phi) is 6.87. The third kappa shape index (κ3) is 5.29. The molecule has 3 aromatic rings. The van der Waals surface area contributed by atoms with E-state index in [1.165, 1.54) is 18.0 Å². The summed E-state index contributed by atoms with van der Waals surface area (Å²) in [6.45, 7) is 7.54. The molecule has 7 nitrogen and oxygen atoms in total. The summed E-state index contributed by atoms with van der Waals surface area (Å²) in [6, 6.07) is 17.2. The molecule has 178 valence electrons. The molecular weight excluding hydrogens is 433 g/mol. The first-order chi connectivity index (χ1) is 16.7. The van der Waals surface area contributed by atoms with Crippen LogP contribution < -0.4 is 4.90 Å². The highest BCUT2D eigenvalue weighted by molar-refractivity contribution is 5.92. The van der Waals surface area contributed by atoms with Crippen LogP contribution in [0.25, 0.3) is 0 Å². The molecule has 34 heavy (non-hydrogen) atoms. The fourth-order valence-electron chi connectivity index (χ4n) is 4.61. The van der Waals surface area contributed by atoms with Gasteiger partial charge in [-0.1, -0.05) is 36.4 Å². The Bertz CT molecular complexity index is 1090. The molecule has 0 radical (unpaired) electrons. The summed E-state index contributed by atoms with van der Waals surface area (Å²) in [5.41, 5.74) is 2.30. The number of hydrogen-bond acceptors (Lipinski definition) is 6. The number of benzene rings is 2. The Labute approximate surface area is 199 Å². The Hall–Kier alpha value is -3.23. The van der Waals surface area contributed by atoms with Gasteiger partial charge in [0, 0.05) is 70.2 Å². The van der Waals surface area contributed by atoms with E-state index in [2.05, 4.69) is 31.8 Å². The number of nitrogens with zero attached hydrogens (tertiary/aromatic N) is 5. The molecule has 2 saturated heterocycles. The lowest BCUT2D eigenvalue weighted by molar-refractivity contribution is 0.0740. The van der Waals surface area contributed by atoms with Gasteiger partial charge in [-0.2, -0.15) is 0 Å². The van der Waals surface area contributed by atoms with Crippen molar-refractivity contribution in [2.75, 3.05) is 57.3 Å². The van der Waals surface area contributed by atoms with Crippen LogP contribution in [0.5, 0.6) is 0 Å². The molecule has 0 unspecified atom stereocenters. The Morgan fingerprint density at radius 2 is 1.47 bits per heavy atom. The number of aromatic nitrogens is 1. The number of piperazine rings is 2. The number of carbonyl (C=O) groups is 1. The van der Waals surface area contributed by atoms with E-state index in [1.807, 2.05) is 35.2 Å². The highest BCUT2D eigenvalue weighted by atomic mass is 19.1. The van der Waals surface area contributed by atoms with Crippen LogP contribution in [0.15, 0.2) is 65.3 Å². The van der Waals surface area contributed by atoms with Crippen LogP contribution in [-0.4, -0.2) is 77.9 Å². The van der Waals surface area contributed by atoms with Crippen LogP contribution in [0.4, 0.5) is 10.1 Å². The number of anilines is 1. The Morgan fingerprint density at radius 1 is 0.824 bits per heavy atom. The molecule has 0 aliphatic carbocycles. The Morgan fingerprint density at radius 3 is 2.18 bits per heavy atom. The van der Waals surface area contributed by atoms with Crippen molar-refractivity contribution in [1.29, 1.82) is 0 Å². The number of amides is 1. The SMILES string of the molecule is O=C(c1coc(CN2CCN(Cc3ccccc3F)CC2)n1)N1CCN(c2ccccc2)CC1. The quantitative estimate of drug-likeness (QED) is 0.560. The van der Waals surface area contributed by atoms with Gasteiger partial charge in [0.05, 0.1) is 6.54 Å². The van der Waals surface area contributed by atoms with Crippen molar-refractivity contribution in [2.45, 2.75) is 13.1 Å². The van der Waals surface area contributed by atoms with E-state index in [0.717, 1.165) is 44.8 Å². The molecular formula is C26H30FN5O2. The van der Waals surface area contributed by atoms with Crippen LogP contribution in [-0.2, 0) is 13.1 Å². The first kappa shape index (κ1) is 22.6. The molecule has 0 atom stereocenters. The second-order valence-corrected chi connectivity index (χ2v) is 8.88. The van der Waals surface area contributed by atoms with Gasteiger partial charge >= 0.3 is 0 Å². The lowest BCUT2D eigenvalue weighted by atomic mass is 10.2. The zero-order valence-electron chi connectivity index (χ0n) is 19.3. The van der Waals surface area contributed by atoms with Crippen LogP contribution in [0.2, 0.25) is 0 Å². The minimum atomic E-state index is -0.150. The Balaban J connectivity index is 1.09. The van der Waals surface area contributed by atoms with E-state index in [4.69, 9.17) is 4.42 Å². The van der Waals surface area contributed by atoms with Crippen molar-refractivity contribution in [1.82, 2.24) is 19.7 Å². The molecule has 2 aliphatic heterocycles. The van der Waals surface area contributed by atoms with Crippen molar-refractivity contribution in [3.8, 4) is 0 Å². The summed E-state index contributed by atoms with van der Waals surface area (Å²) >= 11 is 0. The highest BCUT2D eigenvalue weighted by Gasteiger charge is 2.25. The lowest BCUT2D eigenvalue weighted by Crippen LogP contribution is -2.48. The van der Waals surface area contributed by atoms with E-state index in [-0.39, 0.29) is 11.7 Å². The summed E-state index contributed by atoms with van der Waals surface area (Å²) in [5.74, 6) is 0.342. The van der Waals surface area contributed by atoms with Crippen LogP contribution in [0.3, 0.4) is 0 Å². The molecule has 0 spiro atoms. The first-order valence-corrected chi connectivity index (χ1v) is 11.9. The molecule has 8 heteroatoms. The van der Waals surface area contributed by atoms with Gasteiger partial charge in [0.15, 0.2) is 5.69 Å². The highest BCUT2D eigenvalue weighted by Crippen LogP contribution is 2.18. The van der Waals surface area contributed by atoms with Crippen molar-refractivity contribution in [3.63, 3.8) is 0 Å². The number of carbonyl (C=O) groups excluding carboxylic acids is 1. The van der Waals surface area contributed by atoms with Gasteiger partial charge in [0.2, 0.25) is 5.89 Å². The third-order valence-electron chi connectivity index (χ3n) is 6.63. The molecule has 1 aromatic heterocycles. The summed E-state index contributed by atoms with van der Waals surface area (Å²) in [7, 11) is 0. The maximum absolute atomic E-state index is 13.9. The molecule has 2 fully saturated rings. The van der Waals surface area contributed by atoms with Crippen molar-refractivity contribution >= 4 is 11.6 Å². The standard InChI is InChI=1S/C26H30FN5O2/c27-23-9-5-4-6-21(23)18-29-10-12-30(13-11-29)19-25-28-24(20-34-25)26(33)32-16-14-31(15-17-32)22-7-2-1-3-8-22/h1-9,20H,10-19H2. The molecule has 1 amide bonds. The molecule has 0 bridgehead atoms. The number of para-hydroxylation sites is 1. The predicted molar refractivity (Wildman–Crippen MR) is 128 cm³/mol. The summed E-state index contributed by atoms with van der Waals surface area (Å²) in [5, 5.41) is 0.